The molecule has 5 nitrogen and oxygen atoms in total. The zero-order valence-electron chi connectivity index (χ0n) is 9.77. The molecular weight excluding hydrogens is 367 g/mol. The second-order valence-corrected chi connectivity index (χ2v) is 6.63. The van der Waals surface area contributed by atoms with E-state index in [4.69, 9.17) is 4.52 Å². The van der Waals surface area contributed by atoms with Gasteiger partial charge in [-0.1, -0.05) is 5.16 Å². The third kappa shape index (κ3) is 2.66. The lowest BCUT2D eigenvalue weighted by atomic mass is 10.3. The molecule has 2 rings (SSSR count). The Balaban J connectivity index is 2.36. The van der Waals surface area contributed by atoms with Crippen LogP contribution in [0.15, 0.2) is 33.7 Å². The largest absolute Gasteiger partial charge is 0.360 e. The van der Waals surface area contributed by atoms with E-state index in [1.165, 1.54) is 0 Å². The zero-order chi connectivity index (χ0) is 13.3. The van der Waals surface area contributed by atoms with Gasteiger partial charge in [-0.15, -0.1) is 0 Å². The summed E-state index contributed by atoms with van der Waals surface area (Å²) in [6.07, 6.45) is 0. The maximum atomic E-state index is 12.2. The minimum atomic E-state index is -3.65. The molecule has 0 saturated heterocycles. The summed E-state index contributed by atoms with van der Waals surface area (Å²) in [4.78, 5) is 0.0982. The number of hydrogen-bond acceptors (Lipinski definition) is 4. The van der Waals surface area contributed by atoms with Crippen LogP contribution in [0.5, 0.6) is 0 Å². The molecule has 0 fully saturated rings. The summed E-state index contributed by atoms with van der Waals surface area (Å²) in [5.74, 6) is 0.283. The third-order valence-electron chi connectivity index (χ3n) is 2.33. The third-order valence-corrected chi connectivity index (χ3v) is 4.68. The molecule has 96 valence electrons. The molecule has 2 aromatic rings. The van der Waals surface area contributed by atoms with Crippen molar-refractivity contribution in [1.29, 1.82) is 0 Å². The van der Waals surface area contributed by atoms with Crippen molar-refractivity contribution in [2.24, 2.45) is 0 Å². The van der Waals surface area contributed by atoms with Crippen molar-refractivity contribution in [1.82, 2.24) is 5.16 Å². The molecule has 18 heavy (non-hydrogen) atoms. The van der Waals surface area contributed by atoms with Crippen molar-refractivity contribution < 1.29 is 12.9 Å². The highest BCUT2D eigenvalue weighted by molar-refractivity contribution is 14.1. The van der Waals surface area contributed by atoms with Gasteiger partial charge in [-0.2, -0.15) is 0 Å². The fourth-order valence-electron chi connectivity index (χ4n) is 1.58. The molecule has 0 spiro atoms. The van der Waals surface area contributed by atoms with Crippen molar-refractivity contribution in [3.8, 4) is 0 Å². The molecule has 1 aromatic carbocycles. The predicted octanol–water partition coefficient (Wildman–Crippen LogP) is 2.70. The quantitative estimate of drug-likeness (QED) is 0.834. The zero-order valence-corrected chi connectivity index (χ0v) is 12.7. The van der Waals surface area contributed by atoms with E-state index in [9.17, 15) is 8.42 Å². The van der Waals surface area contributed by atoms with Crippen molar-refractivity contribution in [3.63, 3.8) is 0 Å². The number of nitrogens with zero attached hydrogens (tertiary/aromatic N) is 1. The van der Waals surface area contributed by atoms with Gasteiger partial charge in [0, 0.05) is 9.26 Å². The summed E-state index contributed by atoms with van der Waals surface area (Å²) in [6.45, 7) is 3.17. The summed E-state index contributed by atoms with van der Waals surface area (Å²) in [7, 11) is -3.65. The maximum Gasteiger partial charge on any atom is 0.267 e. The van der Waals surface area contributed by atoms with Gasteiger partial charge in [-0.25, -0.2) is 8.42 Å². The summed E-state index contributed by atoms with van der Waals surface area (Å²) < 4.78 is 32.8. The molecule has 1 N–H and O–H groups in total. The Morgan fingerprint density at radius 2 is 1.83 bits per heavy atom. The van der Waals surface area contributed by atoms with E-state index in [1.807, 2.05) is 12.1 Å². The SMILES string of the molecule is Cc1noc(C)c1S(=O)(=O)Nc1ccc(I)cc1. The fourth-order valence-corrected chi connectivity index (χ4v) is 3.33. The van der Waals surface area contributed by atoms with Crippen LogP contribution in [0.2, 0.25) is 0 Å². The van der Waals surface area contributed by atoms with E-state index in [0.717, 1.165) is 3.57 Å². The molecule has 0 amide bonds. The van der Waals surface area contributed by atoms with Gasteiger partial charge in [0.1, 0.15) is 5.69 Å². The molecule has 0 atom stereocenters. The lowest BCUT2D eigenvalue weighted by Gasteiger charge is -2.07. The normalized spacial score (nSPS) is 11.5. The molecule has 7 heteroatoms. The Hall–Kier alpha value is -1.09. The highest BCUT2D eigenvalue weighted by Gasteiger charge is 2.24. The number of nitrogens with one attached hydrogen (secondary N) is 1. The van der Waals surface area contributed by atoms with Gasteiger partial charge >= 0.3 is 0 Å². The average Bonchev–Trinajstić information content (AvgIpc) is 2.62. The number of aromatic nitrogens is 1. The van der Waals surface area contributed by atoms with Crippen molar-refractivity contribution in [2.45, 2.75) is 18.7 Å². The smallest absolute Gasteiger partial charge is 0.267 e. The number of halogens is 1. The lowest BCUT2D eigenvalue weighted by molar-refractivity contribution is 0.390. The van der Waals surface area contributed by atoms with Crippen LogP contribution in [0.25, 0.3) is 0 Å². The fraction of sp³-hybridized carbons (Fsp3) is 0.182. The first-order chi connectivity index (χ1) is 8.40. The van der Waals surface area contributed by atoms with Gasteiger partial charge in [0.2, 0.25) is 0 Å². The Labute approximate surface area is 119 Å². The van der Waals surface area contributed by atoms with Gasteiger partial charge in [0.25, 0.3) is 10.0 Å². The van der Waals surface area contributed by atoms with Crippen LogP contribution in [0.1, 0.15) is 11.5 Å². The molecule has 0 aliphatic carbocycles. The van der Waals surface area contributed by atoms with Crippen LogP contribution >= 0.6 is 22.6 Å². The van der Waals surface area contributed by atoms with E-state index in [2.05, 4.69) is 32.5 Å². The first kappa shape index (κ1) is 13.3. The second-order valence-electron chi connectivity index (χ2n) is 3.77. The molecule has 0 aliphatic heterocycles. The number of rotatable bonds is 3. The molecule has 0 unspecified atom stereocenters. The van der Waals surface area contributed by atoms with Gasteiger partial charge in [-0.05, 0) is 60.7 Å². The Morgan fingerprint density at radius 3 is 2.33 bits per heavy atom. The molecule has 1 heterocycles. The lowest BCUT2D eigenvalue weighted by Crippen LogP contribution is -2.14. The van der Waals surface area contributed by atoms with E-state index in [-0.39, 0.29) is 10.7 Å². The summed E-state index contributed by atoms with van der Waals surface area (Å²) in [6, 6.07) is 7.06. The first-order valence-electron chi connectivity index (χ1n) is 5.11. The van der Waals surface area contributed by atoms with Crippen molar-refractivity contribution in [3.05, 3.63) is 39.3 Å². The van der Waals surface area contributed by atoms with Crippen LogP contribution < -0.4 is 4.72 Å². The number of aryl methyl sites for hydroxylation is 2. The highest BCUT2D eigenvalue weighted by Crippen LogP contribution is 2.22. The molecule has 0 bridgehead atoms. The van der Waals surface area contributed by atoms with Crippen LogP contribution in [0, 0.1) is 17.4 Å². The number of hydrogen-bond donors (Lipinski definition) is 1. The molecule has 1 aromatic heterocycles. The molecule has 0 aliphatic rings. The Bertz CT molecular complexity index is 643. The van der Waals surface area contributed by atoms with Crippen molar-refractivity contribution >= 4 is 38.3 Å². The first-order valence-corrected chi connectivity index (χ1v) is 7.67. The molecule has 0 radical (unpaired) electrons. The van der Waals surface area contributed by atoms with Crippen LogP contribution in [-0.2, 0) is 10.0 Å². The minimum Gasteiger partial charge on any atom is -0.360 e. The minimum absolute atomic E-state index is 0.0982. The van der Waals surface area contributed by atoms with Gasteiger partial charge < -0.3 is 4.52 Å². The van der Waals surface area contributed by atoms with E-state index < -0.39 is 10.0 Å². The van der Waals surface area contributed by atoms with Crippen molar-refractivity contribution in [2.75, 3.05) is 4.72 Å². The van der Waals surface area contributed by atoms with Crippen LogP contribution in [0.4, 0.5) is 5.69 Å². The van der Waals surface area contributed by atoms with E-state index in [1.54, 1.807) is 26.0 Å². The van der Waals surface area contributed by atoms with Crippen LogP contribution in [0.3, 0.4) is 0 Å². The monoisotopic (exact) mass is 378 g/mol. The topological polar surface area (TPSA) is 72.2 Å². The molecular formula is C11H11IN2O3S. The van der Waals surface area contributed by atoms with Crippen LogP contribution in [-0.4, -0.2) is 13.6 Å². The number of sulfonamides is 1. The highest BCUT2D eigenvalue weighted by atomic mass is 127. The summed E-state index contributed by atoms with van der Waals surface area (Å²) >= 11 is 2.15. The predicted molar refractivity (Wildman–Crippen MR) is 75.9 cm³/mol. The molecule has 0 saturated carbocycles. The summed E-state index contributed by atoms with van der Waals surface area (Å²) in [5, 5.41) is 3.64. The van der Waals surface area contributed by atoms with Gasteiger partial charge in [-0.3, -0.25) is 4.72 Å². The summed E-state index contributed by atoms with van der Waals surface area (Å²) in [5.41, 5.74) is 0.862. The average molecular weight is 378 g/mol. The maximum absolute atomic E-state index is 12.2. The second kappa shape index (κ2) is 4.88. The standard InChI is InChI=1S/C11H11IN2O3S/c1-7-11(8(2)17-13-7)18(15,16)14-10-5-3-9(12)4-6-10/h3-6,14H,1-2H3. The Morgan fingerprint density at radius 1 is 1.22 bits per heavy atom. The van der Waals surface area contributed by atoms with Gasteiger partial charge in [0.05, 0.1) is 0 Å². The van der Waals surface area contributed by atoms with Gasteiger partial charge in [0.15, 0.2) is 10.7 Å². The number of benzene rings is 1. The Kier molecular flexibility index (Phi) is 3.62. The van der Waals surface area contributed by atoms with E-state index >= 15 is 0 Å². The number of anilines is 1. The van der Waals surface area contributed by atoms with E-state index in [0.29, 0.717) is 11.4 Å².